The number of benzene rings is 1. The van der Waals surface area contributed by atoms with Crippen molar-refractivity contribution in [2.75, 3.05) is 13.2 Å². The molecule has 4 rings (SSSR count). The Kier molecular flexibility index (Phi) is 6.79. The fourth-order valence-corrected chi connectivity index (χ4v) is 5.35. The second-order valence-electron chi connectivity index (χ2n) is 8.71. The van der Waals surface area contributed by atoms with E-state index in [-0.39, 0.29) is 36.3 Å². The lowest BCUT2D eigenvalue weighted by atomic mass is 9.88. The number of hydrogen-bond donors (Lipinski definition) is 2. The summed E-state index contributed by atoms with van der Waals surface area (Å²) in [5, 5.41) is 13.3. The van der Waals surface area contributed by atoms with Gasteiger partial charge in [0.2, 0.25) is 11.8 Å². The summed E-state index contributed by atoms with van der Waals surface area (Å²) in [6.07, 6.45) is 4.52. The summed E-state index contributed by atoms with van der Waals surface area (Å²) < 4.78 is 1.70. The molecule has 174 valence electrons. The standard InChI is InChI=1S/C26H31N3O4/c1-3-8-18-11-12-21-23-19(15-28(21)26(18)33)20(16-30)24(29(23)22(31)4-2)25(32)27-14-13-17-9-6-5-7-10-17/h3,5-12,19-20,23-24,30H,4,13-16H2,1-2H3,(H,27,32)/b8-3-/t19-,20-,23+,24-/m0/s1. The van der Waals surface area contributed by atoms with E-state index in [0.717, 1.165) is 11.3 Å². The molecule has 2 aliphatic heterocycles. The van der Waals surface area contributed by atoms with E-state index in [9.17, 15) is 19.5 Å². The molecule has 33 heavy (non-hydrogen) atoms. The van der Waals surface area contributed by atoms with Crippen LogP contribution in [0.1, 0.15) is 43.1 Å². The second kappa shape index (κ2) is 9.75. The molecule has 0 bridgehead atoms. The maximum Gasteiger partial charge on any atom is 0.258 e. The molecule has 4 atom stereocenters. The molecule has 1 saturated heterocycles. The van der Waals surface area contributed by atoms with Crippen LogP contribution in [-0.4, -0.2) is 45.6 Å². The Morgan fingerprint density at radius 2 is 1.94 bits per heavy atom. The van der Waals surface area contributed by atoms with E-state index in [2.05, 4.69) is 5.32 Å². The average Bonchev–Trinajstić information content (AvgIpc) is 3.36. The Balaban J connectivity index is 1.62. The van der Waals surface area contributed by atoms with Crippen molar-refractivity contribution in [2.45, 2.75) is 45.3 Å². The molecule has 0 radical (unpaired) electrons. The number of amides is 2. The highest BCUT2D eigenvalue weighted by Crippen LogP contribution is 2.49. The third-order valence-electron chi connectivity index (χ3n) is 6.87. The topological polar surface area (TPSA) is 91.6 Å². The number of carbonyl (C=O) groups excluding carboxylic acids is 2. The fourth-order valence-electron chi connectivity index (χ4n) is 5.35. The molecule has 0 aliphatic carbocycles. The lowest BCUT2D eigenvalue weighted by Gasteiger charge is -2.30. The summed E-state index contributed by atoms with van der Waals surface area (Å²) in [6.45, 7) is 4.23. The van der Waals surface area contributed by atoms with Gasteiger partial charge in [-0.3, -0.25) is 14.4 Å². The van der Waals surface area contributed by atoms with E-state index >= 15 is 0 Å². The Labute approximate surface area is 193 Å². The first-order valence-corrected chi connectivity index (χ1v) is 11.6. The van der Waals surface area contributed by atoms with Gasteiger partial charge in [0.15, 0.2) is 0 Å². The number of aliphatic hydroxyl groups excluding tert-OH is 1. The maximum absolute atomic E-state index is 13.3. The molecule has 0 saturated carbocycles. The predicted molar refractivity (Wildman–Crippen MR) is 126 cm³/mol. The number of nitrogens with one attached hydrogen (secondary N) is 1. The summed E-state index contributed by atoms with van der Waals surface area (Å²) in [5.74, 6) is -1.03. The number of aromatic nitrogens is 1. The highest BCUT2D eigenvalue weighted by Gasteiger charge is 2.56. The Morgan fingerprint density at radius 1 is 1.18 bits per heavy atom. The van der Waals surface area contributed by atoms with Crippen LogP contribution >= 0.6 is 0 Å². The second-order valence-corrected chi connectivity index (χ2v) is 8.71. The van der Waals surface area contributed by atoms with Crippen LogP contribution in [0.15, 0.2) is 53.3 Å². The van der Waals surface area contributed by atoms with Gasteiger partial charge in [0.05, 0.1) is 6.04 Å². The number of aliphatic hydroxyl groups is 1. The number of hydrogen-bond acceptors (Lipinski definition) is 4. The van der Waals surface area contributed by atoms with Crippen molar-refractivity contribution in [1.29, 1.82) is 0 Å². The van der Waals surface area contributed by atoms with E-state index in [1.165, 1.54) is 0 Å². The molecule has 1 fully saturated rings. The molecule has 1 aromatic carbocycles. The van der Waals surface area contributed by atoms with Crippen LogP contribution in [0.25, 0.3) is 6.08 Å². The maximum atomic E-state index is 13.3. The minimum atomic E-state index is -0.757. The molecule has 1 aromatic heterocycles. The summed E-state index contributed by atoms with van der Waals surface area (Å²) in [6, 6.07) is 12.4. The van der Waals surface area contributed by atoms with Gasteiger partial charge in [0, 0.05) is 49.2 Å². The van der Waals surface area contributed by atoms with Crippen molar-refractivity contribution in [2.24, 2.45) is 11.8 Å². The van der Waals surface area contributed by atoms with Crippen molar-refractivity contribution in [3.8, 4) is 0 Å². The molecule has 3 heterocycles. The van der Waals surface area contributed by atoms with Crippen LogP contribution in [0.5, 0.6) is 0 Å². The third-order valence-corrected chi connectivity index (χ3v) is 6.87. The molecular weight excluding hydrogens is 418 g/mol. The third kappa shape index (κ3) is 4.13. The smallest absolute Gasteiger partial charge is 0.258 e. The van der Waals surface area contributed by atoms with E-state index in [1.807, 2.05) is 49.4 Å². The molecule has 2 N–H and O–H groups in total. The monoisotopic (exact) mass is 449 g/mol. The molecule has 7 nitrogen and oxygen atoms in total. The van der Waals surface area contributed by atoms with Gasteiger partial charge >= 0.3 is 0 Å². The van der Waals surface area contributed by atoms with Gasteiger partial charge < -0.3 is 19.9 Å². The predicted octanol–water partition coefficient (Wildman–Crippen LogP) is 2.14. The molecule has 0 spiro atoms. The Morgan fingerprint density at radius 3 is 2.61 bits per heavy atom. The zero-order chi connectivity index (χ0) is 23.5. The quantitative estimate of drug-likeness (QED) is 0.678. The first-order chi connectivity index (χ1) is 16.0. The number of pyridine rings is 1. The lowest BCUT2D eigenvalue weighted by Crippen LogP contribution is -2.50. The van der Waals surface area contributed by atoms with Gasteiger partial charge in [-0.15, -0.1) is 0 Å². The van der Waals surface area contributed by atoms with E-state index in [4.69, 9.17) is 0 Å². The summed E-state index contributed by atoms with van der Waals surface area (Å²) in [5.41, 5.74) is 2.33. The fraction of sp³-hybridized carbons (Fsp3) is 0.423. The van der Waals surface area contributed by atoms with Crippen LogP contribution in [0.2, 0.25) is 0 Å². The van der Waals surface area contributed by atoms with Gasteiger partial charge in [0.1, 0.15) is 6.04 Å². The molecule has 2 amide bonds. The van der Waals surface area contributed by atoms with Crippen molar-refractivity contribution in [3.05, 3.63) is 75.7 Å². The highest BCUT2D eigenvalue weighted by molar-refractivity contribution is 5.89. The Bertz CT molecular complexity index is 1110. The van der Waals surface area contributed by atoms with Crippen LogP contribution in [0.3, 0.4) is 0 Å². The number of fused-ring (bicyclic) bond motifs is 3. The molecule has 2 aliphatic rings. The van der Waals surface area contributed by atoms with Crippen molar-refractivity contribution >= 4 is 17.9 Å². The number of carbonyl (C=O) groups is 2. The zero-order valence-corrected chi connectivity index (χ0v) is 19.1. The van der Waals surface area contributed by atoms with Gasteiger partial charge in [0.25, 0.3) is 5.56 Å². The van der Waals surface area contributed by atoms with Crippen molar-refractivity contribution < 1.29 is 14.7 Å². The summed E-state index contributed by atoms with van der Waals surface area (Å²) in [4.78, 5) is 41.0. The first-order valence-electron chi connectivity index (χ1n) is 11.6. The van der Waals surface area contributed by atoms with Gasteiger partial charge in [-0.1, -0.05) is 49.4 Å². The van der Waals surface area contributed by atoms with Crippen molar-refractivity contribution in [3.63, 3.8) is 0 Å². The highest BCUT2D eigenvalue weighted by atomic mass is 16.3. The average molecular weight is 450 g/mol. The lowest BCUT2D eigenvalue weighted by molar-refractivity contribution is -0.141. The van der Waals surface area contributed by atoms with Gasteiger partial charge in [-0.05, 0) is 31.0 Å². The minimum absolute atomic E-state index is 0.107. The SMILES string of the molecule is C/C=C\c1ccc2n(c1=O)C[C@H]1[C@H](CO)[C@@H](C(=O)NCCc3ccccc3)N(C(=O)CC)[C@@H]21. The van der Waals surface area contributed by atoms with Crippen LogP contribution < -0.4 is 10.9 Å². The number of likely N-dealkylation sites (tertiary alicyclic amines) is 1. The van der Waals surface area contributed by atoms with E-state index < -0.39 is 18.0 Å². The molecular formula is C26H31N3O4. The summed E-state index contributed by atoms with van der Waals surface area (Å²) >= 11 is 0. The minimum Gasteiger partial charge on any atom is -0.396 e. The van der Waals surface area contributed by atoms with Crippen molar-refractivity contribution in [1.82, 2.24) is 14.8 Å². The molecule has 7 heteroatoms. The molecule has 0 unspecified atom stereocenters. The van der Waals surface area contributed by atoms with Crippen LogP contribution in [-0.2, 0) is 22.6 Å². The zero-order valence-electron chi connectivity index (χ0n) is 19.1. The van der Waals surface area contributed by atoms with Gasteiger partial charge in [-0.2, -0.15) is 0 Å². The normalized spacial score (nSPS) is 23.5. The van der Waals surface area contributed by atoms with Crippen LogP contribution in [0, 0.1) is 11.8 Å². The number of rotatable bonds is 7. The Hall–Kier alpha value is -3.19. The number of nitrogens with zero attached hydrogens (tertiary/aromatic N) is 2. The summed E-state index contributed by atoms with van der Waals surface area (Å²) in [7, 11) is 0. The van der Waals surface area contributed by atoms with E-state index in [0.29, 0.717) is 25.1 Å². The van der Waals surface area contributed by atoms with Gasteiger partial charge in [-0.25, -0.2) is 0 Å². The number of allylic oxidation sites excluding steroid dienone is 1. The molecule has 2 aromatic rings. The van der Waals surface area contributed by atoms with Crippen LogP contribution in [0.4, 0.5) is 0 Å². The largest absolute Gasteiger partial charge is 0.396 e. The first kappa shape index (κ1) is 23.0. The van der Waals surface area contributed by atoms with E-state index in [1.54, 1.807) is 28.5 Å².